The van der Waals surface area contributed by atoms with Crippen LogP contribution < -0.4 is 10.6 Å². The first-order chi connectivity index (χ1) is 14.7. The van der Waals surface area contributed by atoms with Crippen molar-refractivity contribution in [1.29, 1.82) is 0 Å². The van der Waals surface area contributed by atoms with Gasteiger partial charge in [-0.05, 0) is 30.9 Å². The predicted molar refractivity (Wildman–Crippen MR) is 133 cm³/mol. The number of rotatable bonds is 6. The second kappa shape index (κ2) is 13.7. The molecule has 1 amide bonds. The summed E-state index contributed by atoms with van der Waals surface area (Å²) in [6.45, 7) is 8.98. The van der Waals surface area contributed by atoms with Crippen LogP contribution in [0.4, 0.5) is 4.79 Å². The molecule has 9 heteroatoms. The molecule has 8 nitrogen and oxygen atoms in total. The van der Waals surface area contributed by atoms with Gasteiger partial charge < -0.3 is 25.0 Å². The molecule has 0 bridgehead atoms. The van der Waals surface area contributed by atoms with Gasteiger partial charge in [-0.25, -0.2) is 4.79 Å². The SMILES string of the molecule is CCOC(=O)N1CCC(NC(=NC)NCc2cccc(CN3CCOCC3)c2)CC1.I. The zero-order valence-electron chi connectivity index (χ0n) is 18.6. The van der Waals surface area contributed by atoms with Gasteiger partial charge in [-0.3, -0.25) is 9.89 Å². The van der Waals surface area contributed by atoms with E-state index in [1.807, 2.05) is 6.92 Å². The third-order valence-electron chi connectivity index (χ3n) is 5.55. The molecule has 0 spiro atoms. The molecular weight excluding hydrogens is 509 g/mol. The minimum Gasteiger partial charge on any atom is -0.450 e. The molecule has 174 valence electrons. The van der Waals surface area contributed by atoms with Crippen LogP contribution in [0.3, 0.4) is 0 Å². The first-order valence-corrected chi connectivity index (χ1v) is 10.9. The summed E-state index contributed by atoms with van der Waals surface area (Å²) in [5, 5.41) is 6.90. The number of carbonyl (C=O) groups excluding carboxylic acids is 1. The number of morpholine rings is 1. The first kappa shape index (κ1) is 25.7. The summed E-state index contributed by atoms with van der Waals surface area (Å²) in [7, 11) is 1.79. The molecule has 0 aliphatic carbocycles. The molecule has 0 aromatic heterocycles. The van der Waals surface area contributed by atoms with Crippen LogP contribution in [-0.4, -0.2) is 80.9 Å². The largest absolute Gasteiger partial charge is 0.450 e. The van der Waals surface area contributed by atoms with Gasteiger partial charge in [0.1, 0.15) is 0 Å². The Balaban J connectivity index is 0.00000341. The lowest BCUT2D eigenvalue weighted by Crippen LogP contribution is -2.49. The van der Waals surface area contributed by atoms with Crippen LogP contribution in [0, 0.1) is 0 Å². The molecule has 0 unspecified atom stereocenters. The van der Waals surface area contributed by atoms with E-state index in [-0.39, 0.29) is 30.1 Å². The van der Waals surface area contributed by atoms with E-state index in [1.54, 1.807) is 11.9 Å². The highest BCUT2D eigenvalue weighted by Crippen LogP contribution is 2.12. The van der Waals surface area contributed by atoms with Crippen LogP contribution in [-0.2, 0) is 22.6 Å². The van der Waals surface area contributed by atoms with Gasteiger partial charge in [-0.2, -0.15) is 0 Å². The monoisotopic (exact) mass is 545 g/mol. The van der Waals surface area contributed by atoms with Crippen LogP contribution in [0.1, 0.15) is 30.9 Å². The maximum atomic E-state index is 11.8. The third-order valence-corrected chi connectivity index (χ3v) is 5.55. The van der Waals surface area contributed by atoms with Crippen molar-refractivity contribution in [3.05, 3.63) is 35.4 Å². The molecule has 2 aliphatic heterocycles. The fourth-order valence-corrected chi connectivity index (χ4v) is 3.85. The van der Waals surface area contributed by atoms with Crippen LogP contribution in [0.2, 0.25) is 0 Å². The van der Waals surface area contributed by atoms with Crippen molar-refractivity contribution in [2.75, 3.05) is 53.0 Å². The Bertz CT molecular complexity index is 704. The van der Waals surface area contributed by atoms with Crippen molar-refractivity contribution >= 4 is 36.0 Å². The summed E-state index contributed by atoms with van der Waals surface area (Å²) in [5.74, 6) is 0.795. The zero-order valence-corrected chi connectivity index (χ0v) is 21.0. The number of hydrogen-bond donors (Lipinski definition) is 2. The average molecular weight is 545 g/mol. The highest BCUT2D eigenvalue weighted by molar-refractivity contribution is 14.0. The van der Waals surface area contributed by atoms with E-state index < -0.39 is 0 Å². The summed E-state index contributed by atoms with van der Waals surface area (Å²) in [6, 6.07) is 9.00. The zero-order chi connectivity index (χ0) is 21.2. The molecule has 3 rings (SSSR count). The summed E-state index contributed by atoms with van der Waals surface area (Å²) in [5.41, 5.74) is 2.56. The summed E-state index contributed by atoms with van der Waals surface area (Å²) >= 11 is 0. The minimum atomic E-state index is -0.213. The lowest BCUT2D eigenvalue weighted by Gasteiger charge is -2.32. The molecule has 31 heavy (non-hydrogen) atoms. The summed E-state index contributed by atoms with van der Waals surface area (Å²) in [6.07, 6.45) is 1.55. The van der Waals surface area contributed by atoms with Gasteiger partial charge in [0.25, 0.3) is 0 Å². The lowest BCUT2D eigenvalue weighted by atomic mass is 10.1. The molecule has 2 fully saturated rings. The molecule has 0 radical (unpaired) electrons. The minimum absolute atomic E-state index is 0. The normalized spacial score (nSPS) is 18.3. The highest BCUT2D eigenvalue weighted by Gasteiger charge is 2.24. The van der Waals surface area contributed by atoms with Crippen LogP contribution in [0.15, 0.2) is 29.3 Å². The maximum Gasteiger partial charge on any atom is 0.409 e. The van der Waals surface area contributed by atoms with Crippen molar-refractivity contribution in [3.8, 4) is 0 Å². The smallest absolute Gasteiger partial charge is 0.409 e. The maximum absolute atomic E-state index is 11.8. The molecule has 0 saturated carbocycles. The number of hydrogen-bond acceptors (Lipinski definition) is 5. The Morgan fingerprint density at radius 2 is 1.90 bits per heavy atom. The summed E-state index contributed by atoms with van der Waals surface area (Å²) in [4.78, 5) is 20.4. The Morgan fingerprint density at radius 3 is 2.58 bits per heavy atom. The van der Waals surface area contributed by atoms with Crippen molar-refractivity contribution < 1.29 is 14.3 Å². The number of halogens is 1. The van der Waals surface area contributed by atoms with Crippen molar-refractivity contribution in [2.45, 2.75) is 38.9 Å². The Hall–Kier alpha value is -1.59. The van der Waals surface area contributed by atoms with Crippen LogP contribution >= 0.6 is 24.0 Å². The van der Waals surface area contributed by atoms with Crippen molar-refractivity contribution in [1.82, 2.24) is 20.4 Å². The fourth-order valence-electron chi connectivity index (χ4n) is 3.85. The van der Waals surface area contributed by atoms with Crippen LogP contribution in [0.5, 0.6) is 0 Å². The van der Waals surface area contributed by atoms with E-state index in [4.69, 9.17) is 9.47 Å². The predicted octanol–water partition coefficient (Wildman–Crippen LogP) is 2.42. The lowest BCUT2D eigenvalue weighted by molar-refractivity contribution is 0.0342. The Kier molecular flexibility index (Phi) is 11.4. The molecule has 0 atom stereocenters. The van der Waals surface area contributed by atoms with E-state index in [0.29, 0.717) is 25.7 Å². The van der Waals surface area contributed by atoms with Gasteiger partial charge in [0.15, 0.2) is 5.96 Å². The van der Waals surface area contributed by atoms with E-state index in [2.05, 4.69) is 44.8 Å². The van der Waals surface area contributed by atoms with Gasteiger partial charge in [0, 0.05) is 52.4 Å². The van der Waals surface area contributed by atoms with E-state index in [9.17, 15) is 4.79 Å². The van der Waals surface area contributed by atoms with Gasteiger partial charge in [0.2, 0.25) is 0 Å². The number of carbonyl (C=O) groups is 1. The van der Waals surface area contributed by atoms with E-state index in [0.717, 1.165) is 58.2 Å². The van der Waals surface area contributed by atoms with Crippen LogP contribution in [0.25, 0.3) is 0 Å². The number of amides is 1. The number of guanidine groups is 1. The molecule has 2 N–H and O–H groups in total. The number of piperidine rings is 1. The molecule has 2 heterocycles. The van der Waals surface area contributed by atoms with Gasteiger partial charge >= 0.3 is 6.09 Å². The molecule has 1 aromatic carbocycles. The number of aliphatic imine (C=N–C) groups is 1. The second-order valence-electron chi connectivity index (χ2n) is 7.74. The second-order valence-corrected chi connectivity index (χ2v) is 7.74. The van der Waals surface area contributed by atoms with E-state index >= 15 is 0 Å². The van der Waals surface area contributed by atoms with Crippen molar-refractivity contribution in [3.63, 3.8) is 0 Å². The van der Waals surface area contributed by atoms with Crippen molar-refractivity contribution in [2.24, 2.45) is 4.99 Å². The number of likely N-dealkylation sites (tertiary alicyclic amines) is 1. The van der Waals surface area contributed by atoms with Gasteiger partial charge in [-0.15, -0.1) is 24.0 Å². The number of nitrogens with one attached hydrogen (secondary N) is 2. The summed E-state index contributed by atoms with van der Waals surface area (Å²) < 4.78 is 10.5. The average Bonchev–Trinajstić information content (AvgIpc) is 2.78. The Labute approximate surface area is 202 Å². The fraction of sp³-hybridized carbons (Fsp3) is 0.636. The molecule has 2 aliphatic rings. The Morgan fingerprint density at radius 1 is 1.19 bits per heavy atom. The first-order valence-electron chi connectivity index (χ1n) is 10.9. The number of ether oxygens (including phenoxy) is 2. The third kappa shape index (κ3) is 8.46. The number of nitrogens with zero attached hydrogens (tertiary/aromatic N) is 3. The standard InChI is InChI=1S/C22H35N5O3.HI/c1-3-30-22(28)27-9-7-20(8-10-27)25-21(23-2)24-16-18-5-4-6-19(15-18)17-26-11-13-29-14-12-26;/h4-6,15,20H,3,7-14,16-17H2,1-2H3,(H2,23,24,25);1H. The van der Waals surface area contributed by atoms with Gasteiger partial charge in [0.05, 0.1) is 19.8 Å². The molecule has 2 saturated heterocycles. The van der Waals surface area contributed by atoms with E-state index in [1.165, 1.54) is 11.1 Å². The molecule has 1 aromatic rings. The number of benzene rings is 1. The molecular formula is C22H36IN5O3. The topological polar surface area (TPSA) is 78.4 Å². The highest BCUT2D eigenvalue weighted by atomic mass is 127. The quantitative estimate of drug-likeness (QED) is 0.325. The van der Waals surface area contributed by atoms with Gasteiger partial charge in [-0.1, -0.05) is 24.3 Å².